The molecule has 51 valence electrons. The zero-order valence-electron chi connectivity index (χ0n) is 5.97. The number of esters is 1. The number of carbonyl (C=O) groups excluding carboxylic acids is 1. The summed E-state index contributed by atoms with van der Waals surface area (Å²) in [5.41, 5.74) is 0. The summed E-state index contributed by atoms with van der Waals surface area (Å²) < 4.78 is 4.71. The van der Waals surface area contributed by atoms with Crippen molar-refractivity contribution >= 4 is 5.97 Å². The van der Waals surface area contributed by atoms with Crippen LogP contribution < -0.4 is 0 Å². The highest BCUT2D eigenvalue weighted by Gasteiger charge is 1.97. The summed E-state index contributed by atoms with van der Waals surface area (Å²) in [4.78, 5) is 10.3. The van der Waals surface area contributed by atoms with Crippen LogP contribution in [0.1, 0.15) is 20.8 Å². The molecule has 0 unspecified atom stereocenters. The van der Waals surface area contributed by atoms with Gasteiger partial charge in [-0.2, -0.15) is 0 Å². The first kappa shape index (κ1) is 8.21. The summed E-state index contributed by atoms with van der Waals surface area (Å²) in [6.45, 7) is 4.98. The Kier molecular flexibility index (Phi) is 3.76. The lowest BCUT2D eigenvalue weighted by Gasteiger charge is -2.03. The van der Waals surface area contributed by atoms with Gasteiger partial charge in [0.2, 0.25) is 0 Å². The first-order chi connectivity index (χ1) is 4.16. The minimum Gasteiger partial charge on any atom is -0.458 e. The van der Waals surface area contributed by atoms with Crippen molar-refractivity contribution in [1.29, 1.82) is 0 Å². The Bertz CT molecular complexity index is 116. The Morgan fingerprint density at radius 3 is 2.67 bits per heavy atom. The van der Waals surface area contributed by atoms with Crippen LogP contribution in [0.3, 0.4) is 0 Å². The Labute approximate surface area is 55.5 Å². The highest BCUT2D eigenvalue weighted by atomic mass is 16.5. The fourth-order valence-electron chi connectivity index (χ4n) is 0.518. The topological polar surface area (TPSA) is 26.3 Å². The van der Waals surface area contributed by atoms with E-state index in [4.69, 9.17) is 4.74 Å². The van der Waals surface area contributed by atoms with Crippen molar-refractivity contribution in [2.75, 3.05) is 0 Å². The van der Waals surface area contributed by atoms with E-state index in [9.17, 15) is 4.79 Å². The minimum absolute atomic E-state index is 0.215. The average molecular weight is 127 g/mol. The first-order valence-electron chi connectivity index (χ1n) is 2.88. The predicted molar refractivity (Wildman–Crippen MR) is 34.7 cm³/mol. The lowest BCUT2D eigenvalue weighted by molar-refractivity contribution is -0.143. The van der Waals surface area contributed by atoms with E-state index in [0.29, 0.717) is 0 Å². The SMILES string of the molecule is CC=[C][C@H](C)OC(C)=O. The lowest BCUT2D eigenvalue weighted by Crippen LogP contribution is -2.08. The molecule has 0 amide bonds. The molecule has 0 N–H and O–H groups in total. The van der Waals surface area contributed by atoms with Crippen molar-refractivity contribution in [1.82, 2.24) is 0 Å². The molecule has 1 atom stereocenters. The molecule has 0 bridgehead atoms. The van der Waals surface area contributed by atoms with Crippen LogP contribution in [0.2, 0.25) is 0 Å². The number of hydrogen-bond acceptors (Lipinski definition) is 2. The van der Waals surface area contributed by atoms with E-state index >= 15 is 0 Å². The number of allylic oxidation sites excluding steroid dienone is 1. The van der Waals surface area contributed by atoms with E-state index in [1.807, 2.05) is 6.92 Å². The molecule has 0 heterocycles. The third-order valence-corrected chi connectivity index (χ3v) is 0.744. The van der Waals surface area contributed by atoms with Crippen molar-refractivity contribution in [2.45, 2.75) is 26.9 Å². The molecular weight excluding hydrogens is 116 g/mol. The Hall–Kier alpha value is -0.790. The molecule has 0 aliphatic carbocycles. The van der Waals surface area contributed by atoms with Crippen molar-refractivity contribution in [3.63, 3.8) is 0 Å². The Morgan fingerprint density at radius 1 is 1.78 bits per heavy atom. The summed E-state index contributed by atoms with van der Waals surface area (Å²) in [6, 6.07) is 0. The molecule has 0 rings (SSSR count). The maximum atomic E-state index is 10.3. The van der Waals surface area contributed by atoms with Crippen molar-refractivity contribution < 1.29 is 9.53 Å². The van der Waals surface area contributed by atoms with Gasteiger partial charge in [0, 0.05) is 6.92 Å². The Balaban J connectivity index is 3.50. The zero-order chi connectivity index (χ0) is 7.28. The number of hydrogen-bond donors (Lipinski definition) is 0. The molecule has 0 saturated carbocycles. The molecule has 1 radical (unpaired) electrons. The van der Waals surface area contributed by atoms with Crippen LogP contribution in [-0.2, 0) is 9.53 Å². The third-order valence-electron chi connectivity index (χ3n) is 0.744. The molecule has 0 saturated heterocycles. The smallest absolute Gasteiger partial charge is 0.303 e. The van der Waals surface area contributed by atoms with Gasteiger partial charge in [-0.15, -0.1) is 0 Å². The van der Waals surface area contributed by atoms with Crippen LogP contribution in [0.25, 0.3) is 0 Å². The van der Waals surface area contributed by atoms with E-state index in [1.54, 1.807) is 13.0 Å². The highest BCUT2D eigenvalue weighted by molar-refractivity contribution is 5.66. The van der Waals surface area contributed by atoms with Gasteiger partial charge < -0.3 is 4.74 Å². The van der Waals surface area contributed by atoms with Crippen molar-refractivity contribution in [2.24, 2.45) is 0 Å². The number of carbonyl (C=O) groups is 1. The molecule has 0 spiro atoms. The van der Waals surface area contributed by atoms with Gasteiger partial charge in [-0.05, 0) is 19.9 Å². The summed E-state index contributed by atoms with van der Waals surface area (Å²) in [6.07, 6.45) is 4.32. The lowest BCUT2D eigenvalue weighted by atomic mass is 10.4. The van der Waals surface area contributed by atoms with Crippen LogP contribution in [0.4, 0.5) is 0 Å². The Morgan fingerprint density at radius 2 is 2.33 bits per heavy atom. The van der Waals surface area contributed by atoms with Gasteiger partial charge in [-0.1, -0.05) is 6.08 Å². The van der Waals surface area contributed by atoms with E-state index in [2.05, 4.69) is 6.08 Å². The molecule has 0 aromatic rings. The van der Waals surface area contributed by atoms with Crippen LogP contribution in [-0.4, -0.2) is 12.1 Å². The maximum Gasteiger partial charge on any atom is 0.303 e. The second-order valence-corrected chi connectivity index (χ2v) is 1.71. The molecule has 0 aromatic heterocycles. The molecule has 0 fully saturated rings. The van der Waals surface area contributed by atoms with Gasteiger partial charge in [-0.3, -0.25) is 4.79 Å². The van der Waals surface area contributed by atoms with E-state index < -0.39 is 0 Å². The van der Waals surface area contributed by atoms with Crippen molar-refractivity contribution in [3.8, 4) is 0 Å². The van der Waals surface area contributed by atoms with Crippen LogP contribution >= 0.6 is 0 Å². The van der Waals surface area contributed by atoms with Gasteiger partial charge in [-0.25, -0.2) is 0 Å². The molecular formula is C7H11O2. The van der Waals surface area contributed by atoms with Crippen LogP contribution in [0.15, 0.2) is 6.08 Å². The van der Waals surface area contributed by atoms with Crippen LogP contribution in [0.5, 0.6) is 0 Å². The fraction of sp³-hybridized carbons (Fsp3) is 0.571. The predicted octanol–water partition coefficient (Wildman–Crippen LogP) is 1.32. The second-order valence-electron chi connectivity index (χ2n) is 1.71. The van der Waals surface area contributed by atoms with E-state index in [0.717, 1.165) is 0 Å². The fourth-order valence-corrected chi connectivity index (χ4v) is 0.518. The van der Waals surface area contributed by atoms with Crippen LogP contribution in [0, 0.1) is 6.08 Å². The summed E-state index contributed by atoms with van der Waals surface area (Å²) >= 11 is 0. The standard InChI is InChI=1S/C7H11O2/c1-4-5-6(2)9-7(3)8/h4,6H,1-3H3/t6-/m0/s1. The van der Waals surface area contributed by atoms with Gasteiger partial charge in [0.1, 0.15) is 6.10 Å². The molecule has 2 heteroatoms. The largest absolute Gasteiger partial charge is 0.458 e. The van der Waals surface area contributed by atoms with Gasteiger partial charge in [0.05, 0.1) is 0 Å². The zero-order valence-corrected chi connectivity index (χ0v) is 5.97. The van der Waals surface area contributed by atoms with Gasteiger partial charge in [0.25, 0.3) is 0 Å². The van der Waals surface area contributed by atoms with Gasteiger partial charge in [0.15, 0.2) is 0 Å². The minimum atomic E-state index is -0.267. The highest BCUT2D eigenvalue weighted by Crippen LogP contribution is 1.90. The second kappa shape index (κ2) is 4.13. The summed E-state index contributed by atoms with van der Waals surface area (Å²) in [5, 5.41) is 0. The van der Waals surface area contributed by atoms with E-state index in [1.165, 1.54) is 6.92 Å². The first-order valence-corrected chi connectivity index (χ1v) is 2.88. The summed E-state index contributed by atoms with van der Waals surface area (Å²) in [7, 11) is 0. The molecule has 0 aliphatic heterocycles. The average Bonchev–Trinajstić information content (AvgIpc) is 1.63. The van der Waals surface area contributed by atoms with Gasteiger partial charge >= 0.3 is 5.97 Å². The maximum absolute atomic E-state index is 10.3. The molecule has 0 aliphatic rings. The quantitative estimate of drug-likeness (QED) is 0.523. The molecule has 9 heavy (non-hydrogen) atoms. The van der Waals surface area contributed by atoms with E-state index in [-0.39, 0.29) is 12.1 Å². The number of ether oxygens (including phenoxy) is 1. The summed E-state index contributed by atoms with van der Waals surface area (Å²) in [5.74, 6) is -0.267. The van der Waals surface area contributed by atoms with Crippen molar-refractivity contribution in [3.05, 3.63) is 12.2 Å². The molecule has 0 aromatic carbocycles. The normalized spacial score (nSPS) is 13.7. The molecule has 2 nitrogen and oxygen atoms in total. The number of rotatable bonds is 2. The monoisotopic (exact) mass is 127 g/mol. The third kappa shape index (κ3) is 5.07.